The van der Waals surface area contributed by atoms with Crippen LogP contribution in [0, 0.1) is 6.92 Å². The summed E-state index contributed by atoms with van der Waals surface area (Å²) in [6.45, 7) is 10.6. The Hall–Kier alpha value is -1.19. The lowest BCUT2D eigenvalue weighted by Crippen LogP contribution is -2.31. The van der Waals surface area contributed by atoms with Gasteiger partial charge in [0.25, 0.3) is 0 Å². The summed E-state index contributed by atoms with van der Waals surface area (Å²) < 4.78 is 2.01. The number of nitrogen functional groups attached to an aromatic ring is 1. The van der Waals surface area contributed by atoms with E-state index in [0.717, 1.165) is 23.6 Å². The molecule has 2 N–H and O–H groups in total. The molecule has 16 heavy (non-hydrogen) atoms. The van der Waals surface area contributed by atoms with E-state index in [2.05, 4.69) is 44.7 Å². The molecule has 1 aromatic heterocycles. The number of rotatable bonds is 4. The summed E-state index contributed by atoms with van der Waals surface area (Å²) in [6, 6.07) is 0.799. The van der Waals surface area contributed by atoms with E-state index < -0.39 is 0 Å². The van der Waals surface area contributed by atoms with E-state index in [4.69, 9.17) is 5.73 Å². The third-order valence-corrected chi connectivity index (χ3v) is 3.18. The standard InChI is InChI=1S/C12H24N4/c1-7-9(4)15(6)12-11(13)10(5)14-16(12)8(2)3/h8-9H,7,13H2,1-6H3. The zero-order valence-electron chi connectivity index (χ0n) is 11.3. The smallest absolute Gasteiger partial charge is 0.150 e. The molecular weight excluding hydrogens is 200 g/mol. The Bertz CT molecular complexity index is 354. The van der Waals surface area contributed by atoms with Crippen molar-refractivity contribution in [2.75, 3.05) is 17.7 Å². The first-order valence-corrected chi connectivity index (χ1v) is 5.97. The average molecular weight is 224 g/mol. The molecule has 4 nitrogen and oxygen atoms in total. The van der Waals surface area contributed by atoms with Crippen LogP contribution in [-0.2, 0) is 0 Å². The van der Waals surface area contributed by atoms with Gasteiger partial charge in [0, 0.05) is 19.1 Å². The molecule has 1 atom stereocenters. The molecule has 1 rings (SSSR count). The summed E-state index contributed by atoms with van der Waals surface area (Å²) in [5.74, 6) is 1.04. The summed E-state index contributed by atoms with van der Waals surface area (Å²) in [4.78, 5) is 2.22. The Morgan fingerprint density at radius 2 is 1.94 bits per heavy atom. The van der Waals surface area contributed by atoms with Crippen LogP contribution in [0.5, 0.6) is 0 Å². The number of nitrogens with two attached hydrogens (primary N) is 1. The summed E-state index contributed by atoms with van der Waals surface area (Å²) in [7, 11) is 2.08. The maximum atomic E-state index is 6.11. The fourth-order valence-corrected chi connectivity index (χ4v) is 1.74. The highest BCUT2D eigenvalue weighted by Crippen LogP contribution is 2.30. The minimum Gasteiger partial charge on any atom is -0.394 e. The maximum absolute atomic E-state index is 6.11. The molecule has 4 heteroatoms. The van der Waals surface area contributed by atoms with Crippen molar-refractivity contribution in [2.24, 2.45) is 0 Å². The summed E-state index contributed by atoms with van der Waals surface area (Å²) in [6.07, 6.45) is 1.10. The first kappa shape index (κ1) is 12.9. The summed E-state index contributed by atoms with van der Waals surface area (Å²) >= 11 is 0. The normalized spacial score (nSPS) is 13.2. The molecule has 0 bridgehead atoms. The summed E-state index contributed by atoms with van der Waals surface area (Å²) in [5, 5.41) is 4.50. The van der Waals surface area contributed by atoms with Gasteiger partial charge < -0.3 is 10.6 Å². The van der Waals surface area contributed by atoms with Gasteiger partial charge in [0.05, 0.1) is 11.4 Å². The van der Waals surface area contributed by atoms with Crippen LogP contribution < -0.4 is 10.6 Å². The third-order valence-electron chi connectivity index (χ3n) is 3.18. The van der Waals surface area contributed by atoms with Crippen LogP contribution in [0.4, 0.5) is 11.5 Å². The molecule has 0 aliphatic carbocycles. The average Bonchev–Trinajstić information content (AvgIpc) is 2.54. The van der Waals surface area contributed by atoms with E-state index in [1.807, 2.05) is 11.6 Å². The van der Waals surface area contributed by atoms with Crippen LogP contribution in [0.1, 0.15) is 45.9 Å². The molecular formula is C12H24N4. The molecule has 0 aliphatic heterocycles. The van der Waals surface area contributed by atoms with E-state index in [1.54, 1.807) is 0 Å². The first-order valence-electron chi connectivity index (χ1n) is 5.97. The van der Waals surface area contributed by atoms with Gasteiger partial charge in [-0.25, -0.2) is 4.68 Å². The molecule has 1 heterocycles. The van der Waals surface area contributed by atoms with E-state index in [9.17, 15) is 0 Å². The van der Waals surface area contributed by atoms with Gasteiger partial charge in [0.1, 0.15) is 0 Å². The predicted octanol–water partition coefficient (Wildman–Crippen LogP) is 2.59. The van der Waals surface area contributed by atoms with Crippen molar-refractivity contribution >= 4 is 11.5 Å². The lowest BCUT2D eigenvalue weighted by Gasteiger charge is -2.28. The van der Waals surface area contributed by atoms with Crippen molar-refractivity contribution in [1.29, 1.82) is 0 Å². The first-order chi connectivity index (χ1) is 7.40. The second-order valence-electron chi connectivity index (χ2n) is 4.73. The van der Waals surface area contributed by atoms with Gasteiger partial charge in [-0.1, -0.05) is 6.92 Å². The van der Waals surface area contributed by atoms with Crippen molar-refractivity contribution in [3.8, 4) is 0 Å². The van der Waals surface area contributed by atoms with Gasteiger partial charge >= 0.3 is 0 Å². The second kappa shape index (κ2) is 4.76. The number of anilines is 2. The fourth-order valence-electron chi connectivity index (χ4n) is 1.74. The van der Waals surface area contributed by atoms with Crippen molar-refractivity contribution in [2.45, 2.75) is 53.1 Å². The van der Waals surface area contributed by atoms with E-state index in [-0.39, 0.29) is 0 Å². The van der Waals surface area contributed by atoms with Crippen LogP contribution in [-0.4, -0.2) is 22.9 Å². The molecule has 0 saturated carbocycles. The van der Waals surface area contributed by atoms with Gasteiger partial charge in [-0.15, -0.1) is 0 Å². The Kier molecular flexibility index (Phi) is 3.83. The van der Waals surface area contributed by atoms with E-state index in [0.29, 0.717) is 12.1 Å². The number of hydrogen-bond acceptors (Lipinski definition) is 3. The van der Waals surface area contributed by atoms with Crippen LogP contribution in [0.3, 0.4) is 0 Å². The summed E-state index contributed by atoms with van der Waals surface area (Å²) in [5.41, 5.74) is 7.83. The molecule has 0 fully saturated rings. The molecule has 0 aromatic carbocycles. The van der Waals surface area contributed by atoms with Crippen LogP contribution >= 0.6 is 0 Å². The van der Waals surface area contributed by atoms with Gasteiger partial charge in [-0.2, -0.15) is 5.10 Å². The number of aromatic nitrogens is 2. The number of nitrogens with zero attached hydrogens (tertiary/aromatic N) is 3. The van der Waals surface area contributed by atoms with Crippen LogP contribution in [0.25, 0.3) is 0 Å². The molecule has 92 valence electrons. The largest absolute Gasteiger partial charge is 0.394 e. The zero-order chi connectivity index (χ0) is 12.5. The Morgan fingerprint density at radius 1 is 1.38 bits per heavy atom. The monoisotopic (exact) mass is 224 g/mol. The zero-order valence-corrected chi connectivity index (χ0v) is 11.3. The lowest BCUT2D eigenvalue weighted by molar-refractivity contribution is 0.515. The lowest BCUT2D eigenvalue weighted by atomic mass is 10.2. The number of aryl methyl sites for hydroxylation is 1. The van der Waals surface area contributed by atoms with E-state index >= 15 is 0 Å². The highest BCUT2D eigenvalue weighted by molar-refractivity contribution is 5.66. The predicted molar refractivity (Wildman–Crippen MR) is 69.9 cm³/mol. The van der Waals surface area contributed by atoms with E-state index in [1.165, 1.54) is 0 Å². The Labute approximate surface area is 98.4 Å². The molecule has 1 unspecified atom stereocenters. The quantitative estimate of drug-likeness (QED) is 0.855. The number of hydrogen-bond donors (Lipinski definition) is 1. The van der Waals surface area contributed by atoms with Gasteiger partial charge in [-0.3, -0.25) is 0 Å². The molecule has 0 spiro atoms. The minimum absolute atomic E-state index is 0.331. The Balaban J connectivity index is 3.19. The van der Waals surface area contributed by atoms with Gasteiger partial charge in [0.2, 0.25) is 0 Å². The van der Waals surface area contributed by atoms with Crippen LogP contribution in [0.2, 0.25) is 0 Å². The molecule has 0 radical (unpaired) electrons. The van der Waals surface area contributed by atoms with Crippen molar-refractivity contribution in [3.05, 3.63) is 5.69 Å². The highest BCUT2D eigenvalue weighted by Gasteiger charge is 2.20. The fraction of sp³-hybridized carbons (Fsp3) is 0.750. The minimum atomic E-state index is 0.331. The second-order valence-corrected chi connectivity index (χ2v) is 4.73. The van der Waals surface area contributed by atoms with Crippen molar-refractivity contribution < 1.29 is 0 Å². The third kappa shape index (κ3) is 2.15. The van der Waals surface area contributed by atoms with Crippen molar-refractivity contribution in [1.82, 2.24) is 9.78 Å². The van der Waals surface area contributed by atoms with Crippen LogP contribution in [0.15, 0.2) is 0 Å². The SMILES string of the molecule is CCC(C)N(C)c1c(N)c(C)nn1C(C)C. The van der Waals surface area contributed by atoms with Gasteiger partial charge in [0.15, 0.2) is 5.82 Å². The van der Waals surface area contributed by atoms with Crippen molar-refractivity contribution in [3.63, 3.8) is 0 Å². The molecule has 0 aliphatic rings. The molecule has 1 aromatic rings. The van der Waals surface area contributed by atoms with Gasteiger partial charge in [-0.05, 0) is 34.1 Å². The topological polar surface area (TPSA) is 47.1 Å². The molecule has 0 amide bonds. The molecule has 0 saturated heterocycles. The highest BCUT2D eigenvalue weighted by atomic mass is 15.4. The Morgan fingerprint density at radius 3 is 2.38 bits per heavy atom. The maximum Gasteiger partial charge on any atom is 0.150 e.